The first kappa shape index (κ1) is 9.59. The van der Waals surface area contributed by atoms with Gasteiger partial charge in [-0.25, -0.2) is 4.39 Å². The molecule has 1 aliphatic carbocycles. The molecule has 2 rings (SSSR count). The summed E-state index contributed by atoms with van der Waals surface area (Å²) in [6, 6.07) is 3.55. The van der Waals surface area contributed by atoms with Crippen molar-refractivity contribution < 1.29 is 4.39 Å². The summed E-state index contributed by atoms with van der Waals surface area (Å²) in [6.45, 7) is 2.14. The zero-order valence-corrected chi connectivity index (χ0v) is 8.28. The minimum absolute atomic E-state index is 0.273. The Morgan fingerprint density at radius 3 is 2.86 bits per heavy atom. The van der Waals surface area contributed by atoms with Crippen LogP contribution in [0, 0.1) is 11.7 Å². The van der Waals surface area contributed by atoms with Crippen LogP contribution in [0.4, 0.5) is 4.39 Å². The fourth-order valence-electron chi connectivity index (χ4n) is 2.28. The summed E-state index contributed by atoms with van der Waals surface area (Å²) in [7, 11) is 0. The van der Waals surface area contributed by atoms with Crippen molar-refractivity contribution in [3.05, 3.63) is 29.8 Å². The van der Waals surface area contributed by atoms with E-state index in [4.69, 9.17) is 5.73 Å². The maximum absolute atomic E-state index is 12.6. The van der Waals surface area contributed by atoms with Gasteiger partial charge in [0.2, 0.25) is 0 Å². The first-order valence-corrected chi connectivity index (χ1v) is 5.09. The molecule has 0 aromatic carbocycles. The van der Waals surface area contributed by atoms with Crippen molar-refractivity contribution in [1.29, 1.82) is 0 Å². The Bertz CT molecular complexity index is 310. The Morgan fingerprint density at radius 1 is 1.57 bits per heavy atom. The van der Waals surface area contributed by atoms with Crippen LogP contribution in [-0.2, 0) is 0 Å². The second-order valence-corrected chi connectivity index (χ2v) is 3.98. The minimum atomic E-state index is -0.273. The van der Waals surface area contributed by atoms with Crippen LogP contribution in [0.5, 0.6) is 0 Å². The monoisotopic (exact) mass is 194 g/mol. The predicted octanol–water partition coefficient (Wildman–Crippen LogP) is 2.06. The fourth-order valence-corrected chi connectivity index (χ4v) is 2.28. The molecule has 1 aromatic heterocycles. The molecule has 1 heterocycles. The molecule has 0 amide bonds. The summed E-state index contributed by atoms with van der Waals surface area (Å²) in [5.74, 6) is 0.689. The van der Waals surface area contributed by atoms with Gasteiger partial charge in [-0.2, -0.15) is 0 Å². The normalized spacial score (nSPS) is 31.2. The van der Waals surface area contributed by atoms with E-state index in [2.05, 4.69) is 11.9 Å². The lowest BCUT2D eigenvalue weighted by Crippen LogP contribution is -2.45. The Balaban J connectivity index is 2.13. The second-order valence-electron chi connectivity index (χ2n) is 3.98. The van der Waals surface area contributed by atoms with Gasteiger partial charge in [0.25, 0.3) is 0 Å². The third-order valence-electron chi connectivity index (χ3n) is 3.19. The van der Waals surface area contributed by atoms with Gasteiger partial charge in [-0.05, 0) is 24.5 Å². The van der Waals surface area contributed by atoms with Crippen LogP contribution in [0.2, 0.25) is 0 Å². The molecule has 0 bridgehead atoms. The summed E-state index contributed by atoms with van der Waals surface area (Å²) < 4.78 is 12.6. The van der Waals surface area contributed by atoms with E-state index in [9.17, 15) is 4.39 Å². The highest BCUT2D eigenvalue weighted by Gasteiger charge is 2.38. The van der Waals surface area contributed by atoms with E-state index in [0.717, 1.165) is 18.5 Å². The SMILES string of the molecule is CCC1C(N)CC1c1ccc(F)cn1. The van der Waals surface area contributed by atoms with Gasteiger partial charge < -0.3 is 5.73 Å². The molecule has 3 unspecified atom stereocenters. The lowest BCUT2D eigenvalue weighted by Gasteiger charge is -2.42. The van der Waals surface area contributed by atoms with Crippen molar-refractivity contribution in [3.63, 3.8) is 0 Å². The molecular formula is C11H15FN2. The van der Waals surface area contributed by atoms with E-state index < -0.39 is 0 Å². The van der Waals surface area contributed by atoms with Crippen LogP contribution in [0.3, 0.4) is 0 Å². The molecule has 0 saturated heterocycles. The van der Waals surface area contributed by atoms with Gasteiger partial charge in [-0.3, -0.25) is 4.98 Å². The average Bonchev–Trinajstić information content (AvgIpc) is 2.16. The maximum Gasteiger partial charge on any atom is 0.141 e. The first-order chi connectivity index (χ1) is 6.72. The summed E-state index contributed by atoms with van der Waals surface area (Å²) in [4.78, 5) is 4.10. The van der Waals surface area contributed by atoms with Gasteiger partial charge in [-0.1, -0.05) is 13.3 Å². The zero-order valence-electron chi connectivity index (χ0n) is 8.28. The Morgan fingerprint density at radius 2 is 2.36 bits per heavy atom. The van der Waals surface area contributed by atoms with Gasteiger partial charge in [0, 0.05) is 17.7 Å². The van der Waals surface area contributed by atoms with Crippen molar-refractivity contribution in [3.8, 4) is 0 Å². The predicted molar refractivity (Wildman–Crippen MR) is 53.3 cm³/mol. The molecule has 3 atom stereocenters. The van der Waals surface area contributed by atoms with Gasteiger partial charge in [-0.15, -0.1) is 0 Å². The number of nitrogens with zero attached hydrogens (tertiary/aromatic N) is 1. The standard InChI is InChI=1S/C11H15FN2/c1-2-8-9(5-10(8)13)11-4-3-7(12)6-14-11/h3-4,6,8-10H,2,5,13H2,1H3. The highest BCUT2D eigenvalue weighted by atomic mass is 19.1. The van der Waals surface area contributed by atoms with Crippen molar-refractivity contribution >= 4 is 0 Å². The quantitative estimate of drug-likeness (QED) is 0.782. The smallest absolute Gasteiger partial charge is 0.141 e. The first-order valence-electron chi connectivity index (χ1n) is 5.09. The molecule has 2 nitrogen and oxygen atoms in total. The average molecular weight is 194 g/mol. The molecule has 0 aliphatic heterocycles. The topological polar surface area (TPSA) is 38.9 Å². The molecule has 1 aliphatic rings. The Hall–Kier alpha value is -0.960. The van der Waals surface area contributed by atoms with Crippen molar-refractivity contribution in [1.82, 2.24) is 4.98 Å². The van der Waals surface area contributed by atoms with Crippen LogP contribution in [-0.4, -0.2) is 11.0 Å². The molecule has 1 aromatic rings. The highest BCUT2D eigenvalue weighted by molar-refractivity contribution is 5.17. The zero-order chi connectivity index (χ0) is 10.1. The van der Waals surface area contributed by atoms with Crippen LogP contribution in [0.15, 0.2) is 18.3 Å². The van der Waals surface area contributed by atoms with Gasteiger partial charge in [0.05, 0.1) is 6.20 Å². The molecule has 14 heavy (non-hydrogen) atoms. The number of hydrogen-bond acceptors (Lipinski definition) is 2. The Kier molecular flexibility index (Phi) is 2.50. The minimum Gasteiger partial charge on any atom is -0.327 e. The largest absolute Gasteiger partial charge is 0.327 e. The molecule has 3 heteroatoms. The Labute approximate surface area is 83.3 Å². The van der Waals surface area contributed by atoms with Crippen LogP contribution < -0.4 is 5.73 Å². The lowest BCUT2D eigenvalue weighted by atomic mass is 9.67. The van der Waals surface area contributed by atoms with Gasteiger partial charge in [0.1, 0.15) is 5.82 Å². The molecule has 1 saturated carbocycles. The van der Waals surface area contributed by atoms with Crippen LogP contribution >= 0.6 is 0 Å². The van der Waals surface area contributed by atoms with Gasteiger partial charge in [0.15, 0.2) is 0 Å². The van der Waals surface area contributed by atoms with E-state index in [-0.39, 0.29) is 5.82 Å². The van der Waals surface area contributed by atoms with E-state index >= 15 is 0 Å². The van der Waals surface area contributed by atoms with Crippen molar-refractivity contribution in [2.45, 2.75) is 31.7 Å². The van der Waals surface area contributed by atoms with E-state index in [0.29, 0.717) is 17.9 Å². The van der Waals surface area contributed by atoms with Crippen molar-refractivity contribution in [2.75, 3.05) is 0 Å². The van der Waals surface area contributed by atoms with Crippen LogP contribution in [0.1, 0.15) is 31.4 Å². The molecule has 0 radical (unpaired) electrons. The molecule has 76 valence electrons. The summed E-state index contributed by atoms with van der Waals surface area (Å²) in [6.07, 6.45) is 3.34. The number of pyridine rings is 1. The molecule has 1 fully saturated rings. The number of rotatable bonds is 2. The summed E-state index contributed by atoms with van der Waals surface area (Å²) in [5, 5.41) is 0. The molecule has 2 N–H and O–H groups in total. The summed E-state index contributed by atoms with van der Waals surface area (Å²) in [5.41, 5.74) is 6.88. The fraction of sp³-hybridized carbons (Fsp3) is 0.545. The highest BCUT2D eigenvalue weighted by Crippen LogP contribution is 2.42. The lowest BCUT2D eigenvalue weighted by molar-refractivity contribution is 0.194. The maximum atomic E-state index is 12.6. The number of halogens is 1. The third kappa shape index (κ3) is 1.52. The number of aromatic nitrogens is 1. The third-order valence-corrected chi connectivity index (χ3v) is 3.19. The van der Waals surface area contributed by atoms with Crippen LogP contribution in [0.25, 0.3) is 0 Å². The van der Waals surface area contributed by atoms with E-state index in [1.807, 2.05) is 0 Å². The molecule has 0 spiro atoms. The van der Waals surface area contributed by atoms with E-state index in [1.165, 1.54) is 12.3 Å². The van der Waals surface area contributed by atoms with E-state index in [1.54, 1.807) is 6.07 Å². The summed E-state index contributed by atoms with van der Waals surface area (Å²) >= 11 is 0. The second kappa shape index (κ2) is 3.65. The molecular weight excluding hydrogens is 179 g/mol. The van der Waals surface area contributed by atoms with Gasteiger partial charge >= 0.3 is 0 Å². The van der Waals surface area contributed by atoms with Crippen molar-refractivity contribution in [2.24, 2.45) is 11.7 Å². The number of hydrogen-bond donors (Lipinski definition) is 1. The number of nitrogens with two attached hydrogens (primary N) is 1.